The van der Waals surface area contributed by atoms with Crippen molar-refractivity contribution < 1.29 is 9.53 Å². The number of rotatable bonds is 5. The zero-order valence-electron chi connectivity index (χ0n) is 16.3. The number of nitrogens with zero attached hydrogens (tertiary/aromatic N) is 3. The molecule has 1 aromatic heterocycles. The molecule has 5 nitrogen and oxygen atoms in total. The minimum atomic E-state index is -0.722. The van der Waals surface area contributed by atoms with Gasteiger partial charge in [0.25, 0.3) is 0 Å². The molecule has 2 atom stereocenters. The van der Waals surface area contributed by atoms with E-state index in [0.717, 1.165) is 25.6 Å². The Morgan fingerprint density at radius 3 is 2.52 bits per heavy atom. The molecular formula is C22H22BrN3O2S. The third kappa shape index (κ3) is 4.21. The van der Waals surface area contributed by atoms with E-state index in [2.05, 4.69) is 26.1 Å². The van der Waals surface area contributed by atoms with Gasteiger partial charge in [0.1, 0.15) is 15.6 Å². The molecule has 1 amide bonds. The zero-order chi connectivity index (χ0) is 20.4. The Morgan fingerprint density at radius 2 is 1.90 bits per heavy atom. The quantitative estimate of drug-likeness (QED) is 0.482. The second kappa shape index (κ2) is 8.24. The molecule has 0 saturated carbocycles. The van der Waals surface area contributed by atoms with Crippen LogP contribution >= 0.6 is 27.3 Å². The average molecular weight is 472 g/mol. The SMILES string of the molecule is Cc1nnc(C[C@]2(c3ccccc3)CCN([C@@H](C)c3ccc(Br)cc3)C(=O)O2)s1. The molecule has 0 bridgehead atoms. The van der Waals surface area contributed by atoms with Crippen molar-refractivity contribution >= 4 is 33.4 Å². The van der Waals surface area contributed by atoms with Gasteiger partial charge in [0, 0.05) is 23.9 Å². The van der Waals surface area contributed by atoms with Gasteiger partial charge in [-0.05, 0) is 37.1 Å². The first-order valence-corrected chi connectivity index (χ1v) is 11.2. The fraction of sp³-hybridized carbons (Fsp3) is 0.318. The minimum absolute atomic E-state index is 0.0619. The smallest absolute Gasteiger partial charge is 0.411 e. The number of hydrogen-bond acceptors (Lipinski definition) is 5. The Hall–Kier alpha value is -2.25. The van der Waals surface area contributed by atoms with E-state index in [1.165, 1.54) is 0 Å². The Bertz CT molecular complexity index is 993. The average Bonchev–Trinajstić information content (AvgIpc) is 3.13. The summed E-state index contributed by atoms with van der Waals surface area (Å²) in [5.41, 5.74) is 1.36. The highest BCUT2D eigenvalue weighted by Crippen LogP contribution is 2.40. The molecule has 1 saturated heterocycles. The van der Waals surface area contributed by atoms with Crippen LogP contribution in [0.5, 0.6) is 0 Å². The number of aromatic nitrogens is 2. The molecule has 3 aromatic rings. The summed E-state index contributed by atoms with van der Waals surface area (Å²) < 4.78 is 7.19. The van der Waals surface area contributed by atoms with Crippen LogP contribution in [0, 0.1) is 6.92 Å². The maximum absolute atomic E-state index is 13.1. The van der Waals surface area contributed by atoms with Crippen LogP contribution in [0.25, 0.3) is 0 Å². The first-order valence-electron chi connectivity index (χ1n) is 9.56. The summed E-state index contributed by atoms with van der Waals surface area (Å²) in [6.45, 7) is 4.59. The largest absolute Gasteiger partial charge is 0.437 e. The van der Waals surface area contributed by atoms with Gasteiger partial charge in [0.2, 0.25) is 0 Å². The lowest BCUT2D eigenvalue weighted by atomic mass is 9.85. The van der Waals surface area contributed by atoms with Crippen molar-refractivity contribution in [1.29, 1.82) is 0 Å². The maximum atomic E-state index is 13.1. The summed E-state index contributed by atoms with van der Waals surface area (Å²) in [4.78, 5) is 14.9. The summed E-state index contributed by atoms with van der Waals surface area (Å²) >= 11 is 5.01. The monoisotopic (exact) mass is 471 g/mol. The highest BCUT2D eigenvalue weighted by molar-refractivity contribution is 9.10. The summed E-state index contributed by atoms with van der Waals surface area (Å²) in [6, 6.07) is 18.0. The van der Waals surface area contributed by atoms with E-state index >= 15 is 0 Å². The van der Waals surface area contributed by atoms with E-state index in [4.69, 9.17) is 4.74 Å². The molecule has 0 spiro atoms. The molecule has 7 heteroatoms. The number of aryl methyl sites for hydroxylation is 1. The van der Waals surface area contributed by atoms with Crippen molar-refractivity contribution in [2.24, 2.45) is 0 Å². The van der Waals surface area contributed by atoms with Gasteiger partial charge in [0.15, 0.2) is 0 Å². The van der Waals surface area contributed by atoms with E-state index in [1.807, 2.05) is 68.4 Å². The van der Waals surface area contributed by atoms with Crippen molar-refractivity contribution in [2.45, 2.75) is 38.3 Å². The number of cyclic esters (lactones) is 1. The van der Waals surface area contributed by atoms with Gasteiger partial charge in [-0.15, -0.1) is 21.5 Å². The van der Waals surface area contributed by atoms with Crippen LogP contribution in [0.3, 0.4) is 0 Å². The molecule has 0 aliphatic carbocycles. The first kappa shape index (κ1) is 20.0. The van der Waals surface area contributed by atoms with Crippen LogP contribution in [-0.2, 0) is 16.8 Å². The van der Waals surface area contributed by atoms with Crippen molar-refractivity contribution in [3.63, 3.8) is 0 Å². The minimum Gasteiger partial charge on any atom is -0.437 e. The topological polar surface area (TPSA) is 55.3 Å². The molecule has 29 heavy (non-hydrogen) atoms. The number of hydrogen-bond donors (Lipinski definition) is 0. The molecule has 0 radical (unpaired) electrons. The highest BCUT2D eigenvalue weighted by Gasteiger charge is 2.44. The van der Waals surface area contributed by atoms with Crippen molar-refractivity contribution in [3.05, 3.63) is 80.2 Å². The summed E-state index contributed by atoms with van der Waals surface area (Å²) in [5.74, 6) is 0. The predicted octanol–water partition coefficient (Wildman–Crippen LogP) is 5.65. The Labute approximate surface area is 182 Å². The van der Waals surface area contributed by atoms with Crippen LogP contribution < -0.4 is 0 Å². The fourth-order valence-corrected chi connectivity index (χ4v) is 4.84. The van der Waals surface area contributed by atoms with Crippen LogP contribution in [0.15, 0.2) is 59.1 Å². The van der Waals surface area contributed by atoms with Crippen molar-refractivity contribution in [1.82, 2.24) is 15.1 Å². The van der Waals surface area contributed by atoms with Crippen LogP contribution in [0.2, 0.25) is 0 Å². The summed E-state index contributed by atoms with van der Waals surface area (Å²) in [6.07, 6.45) is 0.938. The lowest BCUT2D eigenvalue weighted by molar-refractivity contribution is -0.0605. The highest BCUT2D eigenvalue weighted by atomic mass is 79.9. The van der Waals surface area contributed by atoms with Gasteiger partial charge < -0.3 is 9.64 Å². The molecule has 1 fully saturated rings. The fourth-order valence-electron chi connectivity index (χ4n) is 3.77. The third-order valence-electron chi connectivity index (χ3n) is 5.40. The molecule has 4 rings (SSSR count). The molecule has 2 heterocycles. The molecule has 0 unspecified atom stereocenters. The Balaban J connectivity index is 1.60. The summed E-state index contributed by atoms with van der Waals surface area (Å²) in [7, 11) is 0. The second-order valence-corrected chi connectivity index (χ2v) is 9.47. The van der Waals surface area contributed by atoms with E-state index in [1.54, 1.807) is 16.2 Å². The molecule has 1 aliphatic heterocycles. The molecule has 2 aromatic carbocycles. The van der Waals surface area contributed by atoms with Crippen LogP contribution in [-0.4, -0.2) is 27.7 Å². The normalized spacial score (nSPS) is 20.4. The summed E-state index contributed by atoms with van der Waals surface area (Å²) in [5, 5.41) is 10.2. The predicted molar refractivity (Wildman–Crippen MR) is 117 cm³/mol. The van der Waals surface area contributed by atoms with Gasteiger partial charge >= 0.3 is 6.09 Å². The van der Waals surface area contributed by atoms with Crippen LogP contribution in [0.4, 0.5) is 4.79 Å². The van der Waals surface area contributed by atoms with E-state index in [9.17, 15) is 4.79 Å². The number of carbonyl (C=O) groups excluding carboxylic acids is 1. The number of halogens is 1. The van der Waals surface area contributed by atoms with Crippen molar-refractivity contribution in [3.8, 4) is 0 Å². The van der Waals surface area contributed by atoms with Gasteiger partial charge in [0.05, 0.1) is 6.04 Å². The van der Waals surface area contributed by atoms with E-state index < -0.39 is 5.60 Å². The van der Waals surface area contributed by atoms with Crippen molar-refractivity contribution in [2.75, 3.05) is 6.54 Å². The Morgan fingerprint density at radius 1 is 1.17 bits per heavy atom. The second-order valence-electron chi connectivity index (χ2n) is 7.29. The zero-order valence-corrected chi connectivity index (χ0v) is 18.7. The first-order chi connectivity index (χ1) is 14.0. The van der Waals surface area contributed by atoms with E-state index in [0.29, 0.717) is 19.4 Å². The van der Waals surface area contributed by atoms with Crippen LogP contribution in [0.1, 0.15) is 40.5 Å². The standard InChI is InChI=1S/C22H22BrN3O2S/c1-15(17-8-10-19(23)11-9-17)26-13-12-22(28-21(26)27,18-6-4-3-5-7-18)14-20-25-24-16(2)29-20/h3-11,15H,12-14H2,1-2H3/t15-,22-/m0/s1. The van der Waals surface area contributed by atoms with Gasteiger partial charge in [-0.2, -0.15) is 0 Å². The molecule has 1 aliphatic rings. The molecule has 0 N–H and O–H groups in total. The number of amides is 1. The number of carbonyl (C=O) groups is 1. The lowest BCUT2D eigenvalue weighted by Gasteiger charge is -2.43. The van der Waals surface area contributed by atoms with Gasteiger partial charge in [-0.1, -0.05) is 58.4 Å². The number of ether oxygens (including phenoxy) is 1. The lowest BCUT2D eigenvalue weighted by Crippen LogP contribution is -2.49. The van der Waals surface area contributed by atoms with E-state index in [-0.39, 0.29) is 12.1 Å². The number of benzene rings is 2. The van der Waals surface area contributed by atoms with Gasteiger partial charge in [-0.3, -0.25) is 0 Å². The maximum Gasteiger partial charge on any atom is 0.411 e. The van der Waals surface area contributed by atoms with Gasteiger partial charge in [-0.25, -0.2) is 4.79 Å². The molecular weight excluding hydrogens is 450 g/mol. The molecule has 150 valence electrons. The Kier molecular flexibility index (Phi) is 5.69. The third-order valence-corrected chi connectivity index (χ3v) is 6.77.